The normalized spacial score (nSPS) is 10.6. The number of fused-ring (bicyclic) bond motifs is 1. The SMILES string of the molecule is CCOC(=O)CCn1c(N)nc2cc(OC)ccc21. The molecule has 19 heavy (non-hydrogen) atoms. The van der Waals surface area contributed by atoms with Gasteiger partial charge in [0, 0.05) is 12.6 Å². The van der Waals surface area contributed by atoms with Crippen LogP contribution in [0.25, 0.3) is 11.0 Å². The van der Waals surface area contributed by atoms with E-state index in [1.54, 1.807) is 18.6 Å². The molecule has 0 amide bonds. The Bertz CT molecular complexity index is 592. The third kappa shape index (κ3) is 2.78. The minimum Gasteiger partial charge on any atom is -0.497 e. The molecule has 2 rings (SSSR count). The van der Waals surface area contributed by atoms with E-state index < -0.39 is 0 Å². The van der Waals surface area contributed by atoms with Crippen molar-refractivity contribution in [3.8, 4) is 5.75 Å². The molecular formula is C13H17N3O3. The number of methoxy groups -OCH3 is 1. The third-order valence-electron chi connectivity index (χ3n) is 2.83. The van der Waals surface area contributed by atoms with E-state index in [4.69, 9.17) is 15.2 Å². The second kappa shape index (κ2) is 5.60. The summed E-state index contributed by atoms with van der Waals surface area (Å²) < 4.78 is 11.8. The van der Waals surface area contributed by atoms with Crippen molar-refractivity contribution in [3.63, 3.8) is 0 Å². The fourth-order valence-corrected chi connectivity index (χ4v) is 1.93. The number of hydrogen-bond donors (Lipinski definition) is 1. The summed E-state index contributed by atoms with van der Waals surface area (Å²) in [4.78, 5) is 15.6. The van der Waals surface area contributed by atoms with Gasteiger partial charge in [-0.05, 0) is 19.1 Å². The number of nitrogens with zero attached hydrogens (tertiary/aromatic N) is 2. The van der Waals surface area contributed by atoms with Crippen LogP contribution in [0.3, 0.4) is 0 Å². The van der Waals surface area contributed by atoms with Crippen LogP contribution in [0.5, 0.6) is 5.75 Å². The predicted octanol–water partition coefficient (Wildman–Crippen LogP) is 1.58. The summed E-state index contributed by atoms with van der Waals surface area (Å²) in [5, 5.41) is 0. The van der Waals surface area contributed by atoms with Crippen molar-refractivity contribution in [1.29, 1.82) is 0 Å². The van der Waals surface area contributed by atoms with Crippen LogP contribution in [-0.2, 0) is 16.1 Å². The molecule has 1 aromatic carbocycles. The van der Waals surface area contributed by atoms with Gasteiger partial charge in [0.2, 0.25) is 5.95 Å². The Morgan fingerprint density at radius 3 is 2.95 bits per heavy atom. The monoisotopic (exact) mass is 263 g/mol. The van der Waals surface area contributed by atoms with Crippen molar-refractivity contribution < 1.29 is 14.3 Å². The Morgan fingerprint density at radius 1 is 1.47 bits per heavy atom. The molecule has 0 fully saturated rings. The molecule has 6 nitrogen and oxygen atoms in total. The first-order valence-corrected chi connectivity index (χ1v) is 6.11. The lowest BCUT2D eigenvalue weighted by Crippen LogP contribution is -2.10. The molecule has 0 bridgehead atoms. The summed E-state index contributed by atoms with van der Waals surface area (Å²) in [6.45, 7) is 2.62. The highest BCUT2D eigenvalue weighted by Crippen LogP contribution is 2.23. The molecule has 0 saturated heterocycles. The lowest BCUT2D eigenvalue weighted by atomic mass is 10.3. The first-order chi connectivity index (χ1) is 9.15. The minimum atomic E-state index is -0.239. The number of imidazole rings is 1. The predicted molar refractivity (Wildman–Crippen MR) is 71.9 cm³/mol. The number of nitrogens with two attached hydrogens (primary N) is 1. The first-order valence-electron chi connectivity index (χ1n) is 6.11. The average molecular weight is 263 g/mol. The molecule has 6 heteroatoms. The summed E-state index contributed by atoms with van der Waals surface area (Å²) in [5.41, 5.74) is 7.49. The zero-order valence-electron chi connectivity index (χ0n) is 11.0. The first kappa shape index (κ1) is 13.2. The van der Waals surface area contributed by atoms with Crippen LogP contribution in [0.4, 0.5) is 5.95 Å². The van der Waals surface area contributed by atoms with E-state index >= 15 is 0 Å². The van der Waals surface area contributed by atoms with Gasteiger partial charge in [-0.15, -0.1) is 0 Å². The molecule has 2 aromatic rings. The van der Waals surface area contributed by atoms with Crippen molar-refractivity contribution in [3.05, 3.63) is 18.2 Å². The highest BCUT2D eigenvalue weighted by Gasteiger charge is 2.11. The van der Waals surface area contributed by atoms with Gasteiger partial charge in [-0.3, -0.25) is 4.79 Å². The molecule has 0 aliphatic carbocycles. The van der Waals surface area contributed by atoms with Crippen LogP contribution in [0, 0.1) is 0 Å². The largest absolute Gasteiger partial charge is 0.497 e. The Kier molecular flexibility index (Phi) is 3.89. The van der Waals surface area contributed by atoms with Gasteiger partial charge in [-0.1, -0.05) is 0 Å². The molecule has 0 aliphatic heterocycles. The third-order valence-corrected chi connectivity index (χ3v) is 2.83. The summed E-state index contributed by atoms with van der Waals surface area (Å²) in [7, 11) is 1.60. The standard InChI is InChI=1S/C13H17N3O3/c1-3-19-12(17)6-7-16-11-5-4-9(18-2)8-10(11)15-13(16)14/h4-5,8H,3,6-7H2,1-2H3,(H2,14,15). The molecule has 0 radical (unpaired) electrons. The maximum atomic E-state index is 11.4. The van der Waals surface area contributed by atoms with Gasteiger partial charge in [0.25, 0.3) is 0 Å². The Labute approximate surface area is 111 Å². The van der Waals surface area contributed by atoms with E-state index in [0.29, 0.717) is 19.1 Å². The number of ether oxygens (including phenoxy) is 2. The molecule has 0 unspecified atom stereocenters. The molecule has 0 atom stereocenters. The van der Waals surface area contributed by atoms with Crippen molar-refractivity contribution in [2.45, 2.75) is 19.9 Å². The van der Waals surface area contributed by atoms with E-state index in [2.05, 4.69) is 4.98 Å². The quantitative estimate of drug-likeness (QED) is 0.828. The van der Waals surface area contributed by atoms with Gasteiger partial charge in [0.15, 0.2) is 0 Å². The van der Waals surface area contributed by atoms with Crippen molar-refractivity contribution >= 4 is 23.0 Å². The van der Waals surface area contributed by atoms with Crippen molar-refractivity contribution in [1.82, 2.24) is 9.55 Å². The number of aromatic nitrogens is 2. The Balaban J connectivity index is 2.23. The van der Waals surface area contributed by atoms with Crippen molar-refractivity contribution in [2.75, 3.05) is 19.5 Å². The number of benzene rings is 1. The number of carbonyl (C=O) groups is 1. The summed E-state index contributed by atoms with van der Waals surface area (Å²) in [6.07, 6.45) is 0.273. The van der Waals surface area contributed by atoms with Gasteiger partial charge < -0.3 is 19.8 Å². The van der Waals surface area contributed by atoms with E-state index in [9.17, 15) is 4.79 Å². The van der Waals surface area contributed by atoms with E-state index in [1.165, 1.54) is 0 Å². The number of nitrogen functional groups attached to an aromatic ring is 1. The zero-order valence-corrected chi connectivity index (χ0v) is 11.0. The number of esters is 1. The molecule has 0 aliphatic rings. The summed E-state index contributed by atoms with van der Waals surface area (Å²) >= 11 is 0. The highest BCUT2D eigenvalue weighted by atomic mass is 16.5. The number of hydrogen-bond acceptors (Lipinski definition) is 5. The molecule has 102 valence electrons. The van der Waals surface area contributed by atoms with Crippen molar-refractivity contribution in [2.24, 2.45) is 0 Å². The summed E-state index contributed by atoms with van der Waals surface area (Å²) in [6, 6.07) is 5.53. The van der Waals surface area contributed by atoms with Crippen LogP contribution >= 0.6 is 0 Å². The number of carbonyl (C=O) groups excluding carboxylic acids is 1. The van der Waals surface area contributed by atoms with Gasteiger partial charge in [-0.2, -0.15) is 0 Å². The smallest absolute Gasteiger partial charge is 0.307 e. The number of aryl methyl sites for hydroxylation is 1. The fourth-order valence-electron chi connectivity index (χ4n) is 1.93. The number of rotatable bonds is 5. The maximum absolute atomic E-state index is 11.4. The molecule has 2 N–H and O–H groups in total. The molecule has 1 heterocycles. The second-order valence-corrected chi connectivity index (χ2v) is 4.03. The lowest BCUT2D eigenvalue weighted by Gasteiger charge is -2.06. The molecule has 0 saturated carbocycles. The molecule has 1 aromatic heterocycles. The average Bonchev–Trinajstić information content (AvgIpc) is 2.71. The topological polar surface area (TPSA) is 79.4 Å². The van der Waals surface area contributed by atoms with E-state index in [0.717, 1.165) is 16.8 Å². The van der Waals surface area contributed by atoms with Gasteiger partial charge in [0.05, 0.1) is 31.2 Å². The van der Waals surface area contributed by atoms with Crippen LogP contribution in [0.2, 0.25) is 0 Å². The Hall–Kier alpha value is -2.24. The van der Waals surface area contributed by atoms with Crippen LogP contribution in [0.15, 0.2) is 18.2 Å². The minimum absolute atomic E-state index is 0.239. The fraction of sp³-hybridized carbons (Fsp3) is 0.385. The van der Waals surface area contributed by atoms with Gasteiger partial charge in [-0.25, -0.2) is 4.98 Å². The lowest BCUT2D eigenvalue weighted by molar-refractivity contribution is -0.143. The second-order valence-electron chi connectivity index (χ2n) is 4.03. The maximum Gasteiger partial charge on any atom is 0.307 e. The van der Waals surface area contributed by atoms with Crippen LogP contribution < -0.4 is 10.5 Å². The van der Waals surface area contributed by atoms with E-state index in [-0.39, 0.29) is 12.4 Å². The highest BCUT2D eigenvalue weighted by molar-refractivity contribution is 5.80. The van der Waals surface area contributed by atoms with Crippen LogP contribution in [-0.4, -0.2) is 29.2 Å². The molecule has 0 spiro atoms. The Morgan fingerprint density at radius 2 is 2.26 bits per heavy atom. The van der Waals surface area contributed by atoms with Crippen LogP contribution in [0.1, 0.15) is 13.3 Å². The van der Waals surface area contributed by atoms with Gasteiger partial charge in [0.1, 0.15) is 5.75 Å². The zero-order chi connectivity index (χ0) is 13.8. The summed E-state index contributed by atoms with van der Waals surface area (Å²) in [5.74, 6) is 0.868. The van der Waals surface area contributed by atoms with Gasteiger partial charge >= 0.3 is 5.97 Å². The van der Waals surface area contributed by atoms with E-state index in [1.807, 2.05) is 18.2 Å². The number of anilines is 1. The molecular weight excluding hydrogens is 246 g/mol.